The van der Waals surface area contributed by atoms with Gasteiger partial charge in [0.2, 0.25) is 5.91 Å². The number of hydrogen-bond donors (Lipinski definition) is 2. The minimum absolute atomic E-state index is 0.0150. The maximum Gasteiger partial charge on any atom is 0.237 e. The van der Waals surface area contributed by atoms with Crippen LogP contribution in [0.1, 0.15) is 37.7 Å². The fourth-order valence-corrected chi connectivity index (χ4v) is 3.74. The molecule has 120 valence electrons. The van der Waals surface area contributed by atoms with Crippen molar-refractivity contribution in [3.63, 3.8) is 0 Å². The Morgan fingerprint density at radius 1 is 1.18 bits per heavy atom. The van der Waals surface area contributed by atoms with Crippen molar-refractivity contribution in [2.75, 3.05) is 13.1 Å². The Labute approximate surface area is 132 Å². The zero-order valence-corrected chi connectivity index (χ0v) is 13.1. The van der Waals surface area contributed by atoms with Crippen LogP contribution in [-0.2, 0) is 11.3 Å². The van der Waals surface area contributed by atoms with Crippen LogP contribution in [-0.4, -0.2) is 41.1 Å². The van der Waals surface area contributed by atoms with E-state index in [2.05, 4.69) is 22.3 Å². The Hall–Kier alpha value is -1.39. The Balaban J connectivity index is 1.52. The summed E-state index contributed by atoms with van der Waals surface area (Å²) in [6.07, 6.45) is 4.77. The summed E-state index contributed by atoms with van der Waals surface area (Å²) < 4.78 is 0. The van der Waals surface area contributed by atoms with Gasteiger partial charge in [-0.15, -0.1) is 0 Å². The van der Waals surface area contributed by atoms with Crippen molar-refractivity contribution in [1.29, 1.82) is 0 Å². The first-order chi connectivity index (χ1) is 10.7. The van der Waals surface area contributed by atoms with Crippen LogP contribution in [0.25, 0.3) is 0 Å². The first-order valence-electron chi connectivity index (χ1n) is 8.48. The van der Waals surface area contributed by atoms with Gasteiger partial charge < -0.3 is 10.4 Å². The summed E-state index contributed by atoms with van der Waals surface area (Å²) in [6.45, 7) is 2.44. The molecule has 2 N–H and O–H groups in total. The third kappa shape index (κ3) is 3.68. The molecule has 1 aromatic carbocycles. The summed E-state index contributed by atoms with van der Waals surface area (Å²) in [4.78, 5) is 14.7. The number of aliphatic hydroxyl groups is 1. The number of nitrogens with zero attached hydrogens (tertiary/aromatic N) is 1. The SMILES string of the molecule is O=C(NC[C@H]1CCC[C@@H]1O)[C@H]1CCCN1Cc1ccccc1. The molecule has 3 atom stereocenters. The van der Waals surface area contributed by atoms with Crippen molar-refractivity contribution in [1.82, 2.24) is 10.2 Å². The average Bonchev–Trinajstić information content (AvgIpc) is 3.15. The van der Waals surface area contributed by atoms with Gasteiger partial charge in [-0.1, -0.05) is 36.8 Å². The molecule has 22 heavy (non-hydrogen) atoms. The highest BCUT2D eigenvalue weighted by Gasteiger charge is 2.32. The van der Waals surface area contributed by atoms with Crippen molar-refractivity contribution in [2.24, 2.45) is 5.92 Å². The first-order valence-corrected chi connectivity index (χ1v) is 8.48. The number of carbonyl (C=O) groups is 1. The highest BCUT2D eigenvalue weighted by molar-refractivity contribution is 5.82. The number of amides is 1. The molecular formula is C18H26N2O2. The molecule has 1 aliphatic heterocycles. The van der Waals surface area contributed by atoms with Crippen LogP contribution >= 0.6 is 0 Å². The number of rotatable bonds is 5. The maximum atomic E-state index is 12.5. The molecule has 0 aromatic heterocycles. The van der Waals surface area contributed by atoms with E-state index < -0.39 is 0 Å². The minimum atomic E-state index is -0.232. The molecule has 0 radical (unpaired) electrons. The predicted molar refractivity (Wildman–Crippen MR) is 86.2 cm³/mol. The molecule has 0 spiro atoms. The van der Waals surface area contributed by atoms with Crippen LogP contribution < -0.4 is 5.32 Å². The van der Waals surface area contributed by atoms with Gasteiger partial charge in [0, 0.05) is 19.0 Å². The number of aliphatic hydroxyl groups excluding tert-OH is 1. The summed E-state index contributed by atoms with van der Waals surface area (Å²) in [5.41, 5.74) is 1.26. The molecule has 1 saturated carbocycles. The van der Waals surface area contributed by atoms with Crippen LogP contribution in [0.5, 0.6) is 0 Å². The summed E-state index contributed by atoms with van der Waals surface area (Å²) in [5, 5.41) is 12.9. The van der Waals surface area contributed by atoms with Crippen LogP contribution in [0.15, 0.2) is 30.3 Å². The standard InChI is InChI=1S/C18H26N2O2/c21-17-10-4-8-15(17)12-19-18(22)16-9-5-11-20(16)13-14-6-2-1-3-7-14/h1-3,6-7,15-17,21H,4-5,8-13H2,(H,19,22)/t15-,16-,17+/m1/s1. The molecule has 1 aromatic rings. The topological polar surface area (TPSA) is 52.6 Å². The second-order valence-corrected chi connectivity index (χ2v) is 6.62. The van der Waals surface area contributed by atoms with E-state index in [9.17, 15) is 9.90 Å². The molecule has 1 saturated heterocycles. The van der Waals surface area contributed by atoms with Gasteiger partial charge in [0.05, 0.1) is 12.1 Å². The van der Waals surface area contributed by atoms with Gasteiger partial charge >= 0.3 is 0 Å². The largest absolute Gasteiger partial charge is 0.393 e. The molecule has 3 rings (SSSR count). The predicted octanol–water partition coefficient (Wildman–Crippen LogP) is 1.93. The van der Waals surface area contributed by atoms with Gasteiger partial charge in [-0.05, 0) is 37.8 Å². The molecule has 0 bridgehead atoms. The number of likely N-dealkylation sites (tertiary alicyclic amines) is 1. The average molecular weight is 302 g/mol. The monoisotopic (exact) mass is 302 g/mol. The minimum Gasteiger partial charge on any atom is -0.393 e. The zero-order chi connectivity index (χ0) is 15.4. The van der Waals surface area contributed by atoms with Gasteiger partial charge in [0.1, 0.15) is 0 Å². The van der Waals surface area contributed by atoms with E-state index in [4.69, 9.17) is 0 Å². The first kappa shape index (κ1) is 15.5. The molecule has 4 heteroatoms. The van der Waals surface area contributed by atoms with E-state index in [0.717, 1.165) is 45.2 Å². The zero-order valence-electron chi connectivity index (χ0n) is 13.1. The van der Waals surface area contributed by atoms with E-state index in [0.29, 0.717) is 6.54 Å². The molecule has 1 heterocycles. The summed E-state index contributed by atoms with van der Waals surface area (Å²) in [5.74, 6) is 0.375. The normalized spacial score (nSPS) is 28.9. The molecule has 2 fully saturated rings. The number of benzene rings is 1. The highest BCUT2D eigenvalue weighted by atomic mass is 16.3. The molecule has 4 nitrogen and oxygen atoms in total. The maximum absolute atomic E-state index is 12.5. The Kier molecular flexibility index (Phi) is 5.11. The van der Waals surface area contributed by atoms with Crippen molar-refractivity contribution >= 4 is 5.91 Å². The molecule has 2 aliphatic rings. The fraction of sp³-hybridized carbons (Fsp3) is 0.611. The van der Waals surface area contributed by atoms with Gasteiger partial charge in [-0.3, -0.25) is 9.69 Å². The van der Waals surface area contributed by atoms with Crippen molar-refractivity contribution in [3.05, 3.63) is 35.9 Å². The lowest BCUT2D eigenvalue weighted by molar-refractivity contribution is -0.125. The Morgan fingerprint density at radius 2 is 2.00 bits per heavy atom. The number of hydrogen-bond acceptors (Lipinski definition) is 3. The summed E-state index contributed by atoms with van der Waals surface area (Å²) >= 11 is 0. The van der Waals surface area contributed by atoms with E-state index in [1.807, 2.05) is 18.2 Å². The van der Waals surface area contributed by atoms with E-state index in [1.165, 1.54) is 5.56 Å². The third-order valence-corrected chi connectivity index (χ3v) is 5.05. The van der Waals surface area contributed by atoms with Crippen LogP contribution in [0.3, 0.4) is 0 Å². The van der Waals surface area contributed by atoms with Crippen molar-refractivity contribution in [2.45, 2.75) is 50.8 Å². The van der Waals surface area contributed by atoms with Gasteiger partial charge in [0.25, 0.3) is 0 Å². The second kappa shape index (κ2) is 7.25. The van der Waals surface area contributed by atoms with Crippen LogP contribution in [0.4, 0.5) is 0 Å². The van der Waals surface area contributed by atoms with Gasteiger partial charge in [-0.25, -0.2) is 0 Å². The van der Waals surface area contributed by atoms with Crippen molar-refractivity contribution < 1.29 is 9.90 Å². The smallest absolute Gasteiger partial charge is 0.237 e. The third-order valence-electron chi connectivity index (χ3n) is 5.05. The molecule has 0 unspecified atom stereocenters. The summed E-state index contributed by atoms with van der Waals surface area (Å²) in [7, 11) is 0. The Morgan fingerprint density at radius 3 is 2.73 bits per heavy atom. The molecule has 1 aliphatic carbocycles. The lowest BCUT2D eigenvalue weighted by Crippen LogP contribution is -2.44. The lowest BCUT2D eigenvalue weighted by atomic mass is 10.1. The van der Waals surface area contributed by atoms with Gasteiger partial charge in [0.15, 0.2) is 0 Å². The van der Waals surface area contributed by atoms with Crippen LogP contribution in [0, 0.1) is 5.92 Å². The van der Waals surface area contributed by atoms with E-state index in [-0.39, 0.29) is 24.0 Å². The van der Waals surface area contributed by atoms with E-state index in [1.54, 1.807) is 0 Å². The lowest BCUT2D eigenvalue weighted by Gasteiger charge is -2.25. The fourth-order valence-electron chi connectivity index (χ4n) is 3.74. The number of nitrogens with one attached hydrogen (secondary N) is 1. The van der Waals surface area contributed by atoms with E-state index >= 15 is 0 Å². The Bertz CT molecular complexity index is 491. The number of carbonyl (C=O) groups excluding carboxylic acids is 1. The van der Waals surface area contributed by atoms with Crippen molar-refractivity contribution in [3.8, 4) is 0 Å². The summed E-state index contributed by atoms with van der Waals surface area (Å²) in [6, 6.07) is 10.3. The highest BCUT2D eigenvalue weighted by Crippen LogP contribution is 2.25. The van der Waals surface area contributed by atoms with Gasteiger partial charge in [-0.2, -0.15) is 0 Å². The van der Waals surface area contributed by atoms with Crippen LogP contribution in [0.2, 0.25) is 0 Å². The second-order valence-electron chi connectivity index (χ2n) is 6.62. The molecular weight excluding hydrogens is 276 g/mol. The molecule has 1 amide bonds. The quantitative estimate of drug-likeness (QED) is 0.874.